The Morgan fingerprint density at radius 3 is 2.62 bits per heavy atom. The van der Waals surface area contributed by atoms with Crippen molar-refractivity contribution in [2.45, 2.75) is 13.3 Å². The van der Waals surface area contributed by atoms with Gasteiger partial charge in [0, 0.05) is 34.7 Å². The molecule has 2 heterocycles. The fraction of sp³-hybridized carbons (Fsp3) is 0.276. The monoisotopic (exact) mass is 523 g/mol. The standard InChI is InChI=1S/C29H27F2NO4S/c1-18-14-20(31)2-8-24(18)27(34)29-28(25-9-3-21(33)15-26(25)37-29)36-23-6-4-22(5-7-23)35-13-12-32-11-10-19(16-30)17-32/h2-9,14-15,19,33H,10-13,16-17H2,1H3/t19-/m0/s1. The lowest BCUT2D eigenvalue weighted by Crippen LogP contribution is -2.26. The highest BCUT2D eigenvalue weighted by atomic mass is 32.1. The number of ether oxygens (including phenoxy) is 2. The molecular weight excluding hydrogens is 496 g/mol. The van der Waals surface area contributed by atoms with Crippen LogP contribution in [0, 0.1) is 18.7 Å². The fourth-order valence-electron chi connectivity index (χ4n) is 4.57. The van der Waals surface area contributed by atoms with Gasteiger partial charge in [-0.1, -0.05) is 0 Å². The summed E-state index contributed by atoms with van der Waals surface area (Å²) in [7, 11) is 0. The van der Waals surface area contributed by atoms with E-state index in [1.54, 1.807) is 49.4 Å². The second kappa shape index (κ2) is 10.9. The molecule has 0 aliphatic carbocycles. The Balaban J connectivity index is 1.34. The fourth-order valence-corrected chi connectivity index (χ4v) is 5.69. The van der Waals surface area contributed by atoms with Gasteiger partial charge in [0.15, 0.2) is 5.75 Å². The number of phenols is 1. The summed E-state index contributed by atoms with van der Waals surface area (Å²) >= 11 is 1.22. The zero-order chi connectivity index (χ0) is 25.9. The van der Waals surface area contributed by atoms with Crippen molar-refractivity contribution in [3.63, 3.8) is 0 Å². The van der Waals surface area contributed by atoms with Gasteiger partial charge in [-0.25, -0.2) is 4.39 Å². The lowest BCUT2D eigenvalue weighted by atomic mass is 10.0. The number of hydrogen-bond donors (Lipinski definition) is 1. The number of aryl methyl sites for hydroxylation is 1. The molecule has 37 heavy (non-hydrogen) atoms. The zero-order valence-electron chi connectivity index (χ0n) is 20.4. The van der Waals surface area contributed by atoms with E-state index in [2.05, 4.69) is 4.90 Å². The molecule has 1 aliphatic heterocycles. The average molecular weight is 524 g/mol. The van der Waals surface area contributed by atoms with Crippen molar-refractivity contribution in [3.8, 4) is 23.0 Å². The molecule has 1 saturated heterocycles. The van der Waals surface area contributed by atoms with Crippen LogP contribution in [-0.4, -0.2) is 48.7 Å². The number of ketones is 1. The van der Waals surface area contributed by atoms with Crippen LogP contribution in [0.5, 0.6) is 23.0 Å². The third-order valence-corrected chi connectivity index (χ3v) is 7.71. The van der Waals surface area contributed by atoms with Gasteiger partial charge in [-0.2, -0.15) is 0 Å². The third kappa shape index (κ3) is 5.60. The number of thiophene rings is 1. The van der Waals surface area contributed by atoms with Gasteiger partial charge in [-0.05, 0) is 86.1 Å². The second-order valence-corrected chi connectivity index (χ2v) is 10.3. The summed E-state index contributed by atoms with van der Waals surface area (Å²) in [5, 5.41) is 10.7. The first-order valence-electron chi connectivity index (χ1n) is 12.2. The Labute approximate surface area is 217 Å². The van der Waals surface area contributed by atoms with Crippen molar-refractivity contribution < 1.29 is 28.2 Å². The Bertz CT molecular complexity index is 1420. The summed E-state index contributed by atoms with van der Waals surface area (Å²) in [5.41, 5.74) is 0.925. The average Bonchev–Trinajstić information content (AvgIpc) is 3.49. The second-order valence-electron chi connectivity index (χ2n) is 9.26. The van der Waals surface area contributed by atoms with Crippen molar-refractivity contribution in [1.82, 2.24) is 4.90 Å². The zero-order valence-corrected chi connectivity index (χ0v) is 21.2. The first kappa shape index (κ1) is 25.2. The summed E-state index contributed by atoms with van der Waals surface area (Å²) in [5.74, 6) is 1.15. The van der Waals surface area contributed by atoms with Gasteiger partial charge in [0.2, 0.25) is 5.78 Å². The number of likely N-dealkylation sites (tertiary alicyclic amines) is 1. The molecule has 0 saturated carbocycles. The first-order valence-corrected chi connectivity index (χ1v) is 13.0. The molecule has 0 amide bonds. The molecule has 0 radical (unpaired) electrons. The van der Waals surface area contributed by atoms with Crippen LogP contribution in [-0.2, 0) is 0 Å². The van der Waals surface area contributed by atoms with Crippen LogP contribution in [0.3, 0.4) is 0 Å². The van der Waals surface area contributed by atoms with Crippen molar-refractivity contribution >= 4 is 27.2 Å². The normalized spacial score (nSPS) is 15.8. The maximum Gasteiger partial charge on any atom is 0.207 e. The van der Waals surface area contributed by atoms with Crippen LogP contribution in [0.25, 0.3) is 10.1 Å². The largest absolute Gasteiger partial charge is 0.508 e. The van der Waals surface area contributed by atoms with E-state index < -0.39 is 5.82 Å². The molecule has 0 bridgehead atoms. The van der Waals surface area contributed by atoms with Crippen LogP contribution in [0.2, 0.25) is 0 Å². The summed E-state index contributed by atoms with van der Waals surface area (Å²) in [6.45, 7) is 4.35. The van der Waals surface area contributed by atoms with Crippen LogP contribution >= 0.6 is 11.3 Å². The van der Waals surface area contributed by atoms with Gasteiger partial charge in [-0.3, -0.25) is 14.1 Å². The summed E-state index contributed by atoms with van der Waals surface area (Å²) in [6.07, 6.45) is 0.893. The van der Waals surface area contributed by atoms with Crippen LogP contribution < -0.4 is 9.47 Å². The summed E-state index contributed by atoms with van der Waals surface area (Å²) in [6, 6.07) is 16.1. The van der Waals surface area contributed by atoms with E-state index in [0.717, 1.165) is 26.1 Å². The number of alkyl halides is 1. The third-order valence-electron chi connectivity index (χ3n) is 6.58. The van der Waals surface area contributed by atoms with Crippen LogP contribution in [0.4, 0.5) is 8.78 Å². The number of hydrogen-bond acceptors (Lipinski definition) is 6. The molecule has 1 aromatic heterocycles. The lowest BCUT2D eigenvalue weighted by molar-refractivity contribution is 0.104. The van der Waals surface area contributed by atoms with E-state index in [9.17, 15) is 18.7 Å². The Hall–Kier alpha value is -3.49. The number of fused-ring (bicyclic) bond motifs is 1. The maximum atomic E-state index is 13.6. The quantitative estimate of drug-likeness (QED) is 0.246. The molecule has 1 atom stereocenters. The van der Waals surface area contributed by atoms with E-state index in [1.165, 1.54) is 29.5 Å². The van der Waals surface area contributed by atoms with Crippen LogP contribution in [0.1, 0.15) is 27.2 Å². The molecule has 1 aliphatic rings. The van der Waals surface area contributed by atoms with Gasteiger partial charge < -0.3 is 14.6 Å². The predicted molar refractivity (Wildman–Crippen MR) is 141 cm³/mol. The molecule has 8 heteroatoms. The topological polar surface area (TPSA) is 59.0 Å². The highest BCUT2D eigenvalue weighted by Gasteiger charge is 2.24. The maximum absolute atomic E-state index is 13.6. The molecule has 0 unspecified atom stereocenters. The molecule has 1 N–H and O–H groups in total. The Morgan fingerprint density at radius 2 is 1.89 bits per heavy atom. The minimum Gasteiger partial charge on any atom is -0.508 e. The van der Waals surface area contributed by atoms with Gasteiger partial charge in [-0.15, -0.1) is 11.3 Å². The SMILES string of the molecule is Cc1cc(F)ccc1C(=O)c1sc2cc(O)ccc2c1Oc1ccc(OCCN2CC[C@@H](CF)C2)cc1. The minimum atomic E-state index is -0.404. The molecule has 5 rings (SSSR count). The highest BCUT2D eigenvalue weighted by Crippen LogP contribution is 2.43. The van der Waals surface area contributed by atoms with Gasteiger partial charge in [0.25, 0.3) is 0 Å². The Kier molecular flexibility index (Phi) is 7.39. The summed E-state index contributed by atoms with van der Waals surface area (Å²) < 4.78 is 39.2. The number of aromatic hydroxyl groups is 1. The van der Waals surface area contributed by atoms with E-state index >= 15 is 0 Å². The molecule has 4 aromatic rings. The van der Waals surface area contributed by atoms with E-state index in [-0.39, 0.29) is 24.1 Å². The number of benzene rings is 3. The number of nitrogens with zero attached hydrogens (tertiary/aromatic N) is 1. The Morgan fingerprint density at radius 1 is 1.11 bits per heavy atom. The van der Waals surface area contributed by atoms with Crippen molar-refractivity contribution in [1.29, 1.82) is 0 Å². The van der Waals surface area contributed by atoms with Crippen molar-refractivity contribution in [3.05, 3.63) is 82.5 Å². The number of halogens is 2. The highest BCUT2D eigenvalue weighted by molar-refractivity contribution is 7.21. The molecule has 1 fully saturated rings. The number of phenolic OH excluding ortho intramolecular Hbond substituents is 1. The molecule has 192 valence electrons. The van der Waals surface area contributed by atoms with Crippen molar-refractivity contribution in [2.75, 3.05) is 32.9 Å². The number of carbonyl (C=O) groups excluding carboxylic acids is 1. The van der Waals surface area contributed by atoms with E-state index in [4.69, 9.17) is 9.47 Å². The molecule has 0 spiro atoms. The van der Waals surface area contributed by atoms with Gasteiger partial charge >= 0.3 is 0 Å². The number of carbonyl (C=O) groups is 1. The smallest absolute Gasteiger partial charge is 0.207 e. The van der Waals surface area contributed by atoms with Crippen molar-refractivity contribution in [2.24, 2.45) is 5.92 Å². The lowest BCUT2D eigenvalue weighted by Gasteiger charge is -2.16. The van der Waals surface area contributed by atoms with Gasteiger partial charge in [0.1, 0.15) is 34.5 Å². The van der Waals surface area contributed by atoms with Gasteiger partial charge in [0.05, 0.1) is 6.67 Å². The van der Waals surface area contributed by atoms with Crippen LogP contribution in [0.15, 0.2) is 60.7 Å². The minimum absolute atomic E-state index is 0.0907. The molecule has 5 nitrogen and oxygen atoms in total. The molecule has 3 aromatic carbocycles. The predicted octanol–water partition coefficient (Wildman–Crippen LogP) is 6.75. The molecular formula is C29H27F2NO4S. The first-order chi connectivity index (χ1) is 17.9. The summed E-state index contributed by atoms with van der Waals surface area (Å²) in [4.78, 5) is 16.0. The number of rotatable bonds is 9. The van der Waals surface area contributed by atoms with E-state index in [0.29, 0.717) is 49.9 Å². The van der Waals surface area contributed by atoms with E-state index in [1.807, 2.05) is 0 Å².